The lowest BCUT2D eigenvalue weighted by molar-refractivity contribution is -0.144. The summed E-state index contributed by atoms with van der Waals surface area (Å²) in [6, 6.07) is 5.17. The predicted molar refractivity (Wildman–Crippen MR) is 202 cm³/mol. The summed E-state index contributed by atoms with van der Waals surface area (Å²) in [6.45, 7) is 16.5. The molecule has 1 aliphatic rings. The third-order valence-electron chi connectivity index (χ3n) is 8.36. The first-order valence-corrected chi connectivity index (χ1v) is 18.6. The van der Waals surface area contributed by atoms with Crippen molar-refractivity contribution >= 4 is 35.5 Å². The largest absolute Gasteiger partial charge is 0.449 e. The minimum atomic E-state index is -1.22. The van der Waals surface area contributed by atoms with Crippen molar-refractivity contribution in [2.24, 2.45) is 21.6 Å². The molecule has 4 N–H and O–H groups in total. The van der Waals surface area contributed by atoms with E-state index in [2.05, 4.69) is 36.4 Å². The summed E-state index contributed by atoms with van der Waals surface area (Å²) in [5.41, 5.74) is -0.595. The van der Waals surface area contributed by atoms with Crippen molar-refractivity contribution in [3.05, 3.63) is 35.9 Å². The second-order valence-electron chi connectivity index (χ2n) is 15.9. The van der Waals surface area contributed by atoms with Crippen LogP contribution in [-0.4, -0.2) is 104 Å². The number of likely N-dealkylation sites (tertiary alicyclic amines) is 1. The molecule has 16 heteroatoms. The average Bonchev–Trinajstić information content (AvgIpc) is 3.51. The molecule has 0 spiro atoms. The molecule has 0 aromatic heterocycles. The molecule has 1 aliphatic heterocycles. The first-order chi connectivity index (χ1) is 25.3. The van der Waals surface area contributed by atoms with Gasteiger partial charge in [0.05, 0.1) is 36.9 Å². The van der Waals surface area contributed by atoms with Crippen LogP contribution in [-0.2, 0) is 33.4 Å². The number of ether oxygens (including phenoxy) is 2. The summed E-state index contributed by atoms with van der Waals surface area (Å²) in [7, 11) is 1.47. The summed E-state index contributed by atoms with van der Waals surface area (Å²) in [6.07, 6.45) is 0.189. The molecule has 1 unspecified atom stereocenters. The molecule has 54 heavy (non-hydrogen) atoms. The second-order valence-corrected chi connectivity index (χ2v) is 15.9. The normalized spacial score (nSPS) is 17.4. The Morgan fingerprint density at radius 2 is 1.65 bits per heavy atom. The van der Waals surface area contributed by atoms with Crippen LogP contribution in [0.4, 0.5) is 4.79 Å². The zero-order chi connectivity index (χ0) is 40.6. The van der Waals surface area contributed by atoms with Crippen LogP contribution in [0.1, 0.15) is 99.6 Å². The quantitative estimate of drug-likeness (QED) is 0.0988. The molecule has 1 heterocycles. The number of hydrogen-bond donors (Lipinski definition) is 4. The first-order valence-electron chi connectivity index (χ1n) is 18.6. The van der Waals surface area contributed by atoms with E-state index in [1.165, 1.54) is 11.9 Å². The number of hydrogen-bond acceptors (Lipinski definition) is 10. The van der Waals surface area contributed by atoms with Gasteiger partial charge in [0.25, 0.3) is 5.91 Å². The summed E-state index contributed by atoms with van der Waals surface area (Å²) in [4.78, 5) is 85.5. The maximum Gasteiger partial charge on any atom is 0.407 e. The lowest BCUT2D eigenvalue weighted by Gasteiger charge is -2.35. The van der Waals surface area contributed by atoms with Gasteiger partial charge < -0.3 is 35.6 Å². The van der Waals surface area contributed by atoms with E-state index in [1.807, 2.05) is 71.9 Å². The molecule has 1 aromatic carbocycles. The number of amides is 5. The van der Waals surface area contributed by atoms with E-state index in [0.717, 1.165) is 5.56 Å². The van der Waals surface area contributed by atoms with Crippen LogP contribution < -0.4 is 26.2 Å². The van der Waals surface area contributed by atoms with E-state index in [-0.39, 0.29) is 38.5 Å². The molecule has 1 saturated heterocycles. The Morgan fingerprint density at radius 1 is 0.981 bits per heavy atom. The lowest BCUT2D eigenvalue weighted by atomic mass is 9.85. The highest BCUT2D eigenvalue weighted by molar-refractivity contribution is 6.38. The highest BCUT2D eigenvalue weighted by atomic mass is 16.5. The van der Waals surface area contributed by atoms with Crippen LogP contribution in [0.2, 0.25) is 0 Å². The Bertz CT molecular complexity index is 1500. The second kappa shape index (κ2) is 21.3. The van der Waals surface area contributed by atoms with Crippen molar-refractivity contribution in [1.82, 2.24) is 31.1 Å². The van der Waals surface area contributed by atoms with Gasteiger partial charge in [-0.1, -0.05) is 84.7 Å². The summed E-state index contributed by atoms with van der Waals surface area (Å²) < 4.78 is 11.5. The van der Waals surface area contributed by atoms with Gasteiger partial charge in [0.2, 0.25) is 28.4 Å². The minimum absolute atomic E-state index is 0.0607. The van der Waals surface area contributed by atoms with Gasteiger partial charge >= 0.3 is 6.09 Å². The van der Waals surface area contributed by atoms with Gasteiger partial charge in [0.15, 0.2) is 0 Å². The third-order valence-corrected chi connectivity index (χ3v) is 8.36. The van der Waals surface area contributed by atoms with E-state index >= 15 is 0 Å². The van der Waals surface area contributed by atoms with Crippen molar-refractivity contribution in [2.75, 3.05) is 33.3 Å². The zero-order valence-corrected chi connectivity index (χ0v) is 33.6. The molecule has 1 aromatic rings. The Kier molecular flexibility index (Phi) is 17.9. The van der Waals surface area contributed by atoms with E-state index in [9.17, 15) is 28.8 Å². The molecule has 300 valence electrons. The highest BCUT2D eigenvalue weighted by Gasteiger charge is 2.47. The van der Waals surface area contributed by atoms with Gasteiger partial charge in [0, 0.05) is 13.0 Å². The number of benzene rings is 1. The van der Waals surface area contributed by atoms with E-state index < -0.39 is 83.3 Å². The Balaban J connectivity index is 2.25. The number of nitrogens with zero attached hydrogens (tertiary/aromatic N) is 4. The van der Waals surface area contributed by atoms with Gasteiger partial charge in [-0.05, 0) is 44.1 Å². The summed E-state index contributed by atoms with van der Waals surface area (Å²) in [5, 5.41) is 18.1. The first kappa shape index (κ1) is 45.5. The molecular formula is C38H61N8O8+. The molecule has 16 nitrogen and oxygen atoms in total. The zero-order valence-electron chi connectivity index (χ0n) is 33.6. The number of unbranched alkanes of at least 4 members (excludes halogenated alkanes) is 1. The van der Waals surface area contributed by atoms with E-state index in [1.54, 1.807) is 20.8 Å². The number of carbonyl (C=O) groups is 6. The smallest absolute Gasteiger partial charge is 0.407 e. The predicted octanol–water partition coefficient (Wildman–Crippen LogP) is 3.39. The van der Waals surface area contributed by atoms with E-state index in [4.69, 9.17) is 9.47 Å². The van der Waals surface area contributed by atoms with Gasteiger partial charge in [-0.2, -0.15) is 0 Å². The number of Topliss-reactive ketones (excluding diaryl/α,β-unsaturated/α-hetero) is 1. The molecule has 0 saturated carbocycles. The molecule has 2 rings (SSSR count). The highest BCUT2D eigenvalue weighted by Crippen LogP contribution is 2.29. The Hall–Kier alpha value is -4.69. The summed E-state index contributed by atoms with van der Waals surface area (Å²) in [5.74, 6) is -3.61. The number of nitrogens with one attached hydrogen (secondary N) is 4. The van der Waals surface area contributed by atoms with Crippen LogP contribution in [0.25, 0.3) is 0 Å². The minimum Gasteiger partial charge on any atom is -0.449 e. The third kappa shape index (κ3) is 15.3. The number of carbonyl (C=O) groups excluding carboxylic acids is 6. The van der Waals surface area contributed by atoms with Crippen molar-refractivity contribution in [3.63, 3.8) is 0 Å². The molecular weight excluding hydrogens is 696 g/mol. The standard InChI is InChI=1S/C38H60N8O8/c1-11-12-18-27(31(48)34(50)40-21-30(47)42-28(20-41-45-39-10)25-16-14-13-15-17-25)43-33(49)29-19-26(54-38(7,8)9)22-46(29)35(51)32(37(4,5)6)44-36(52)53-23-24(2)3/h13-17,24,26-29,32H,11-12,18-23H2,1-10H3,(H3-,40,42,43,44,47,49,50,52)/p+1/t26-,27?,28+,29+,32-/m1/s1. The SMILES string of the molecule is CCCCC(NC(=O)[C@@H]1C[C@@H](OC(C)(C)C)CN1C(=O)[C@@H](NC(=O)OCC(C)C)C(C)(C)C)C(=O)C(=O)NCC(=O)N[C@@H](CN=[N+]=NC)c1ccccc1. The molecule has 5 atom stereocenters. The molecule has 0 bridgehead atoms. The number of rotatable bonds is 18. The Labute approximate surface area is 319 Å². The number of alkyl carbamates (subject to hydrolysis) is 1. The Morgan fingerprint density at radius 3 is 2.22 bits per heavy atom. The fourth-order valence-corrected chi connectivity index (χ4v) is 5.79. The van der Waals surface area contributed by atoms with Crippen LogP contribution in [0, 0.1) is 11.3 Å². The lowest BCUT2D eigenvalue weighted by Crippen LogP contribution is -2.59. The fraction of sp³-hybridized carbons (Fsp3) is 0.684. The van der Waals surface area contributed by atoms with Crippen molar-refractivity contribution < 1.29 is 38.2 Å². The topological polar surface area (TPSA) is 211 Å². The van der Waals surface area contributed by atoms with Crippen LogP contribution in [0.15, 0.2) is 40.6 Å². The molecule has 1 fully saturated rings. The van der Waals surface area contributed by atoms with Crippen molar-refractivity contribution in [1.29, 1.82) is 0 Å². The van der Waals surface area contributed by atoms with Crippen LogP contribution >= 0.6 is 0 Å². The van der Waals surface area contributed by atoms with Crippen LogP contribution in [0.3, 0.4) is 0 Å². The van der Waals surface area contributed by atoms with Gasteiger partial charge in [0.1, 0.15) is 35.9 Å². The molecule has 0 aliphatic carbocycles. The molecule has 0 radical (unpaired) electrons. The van der Waals surface area contributed by atoms with Crippen molar-refractivity contribution in [3.8, 4) is 0 Å². The fourth-order valence-electron chi connectivity index (χ4n) is 5.79. The monoisotopic (exact) mass is 757 g/mol. The number of ketones is 1. The van der Waals surface area contributed by atoms with Crippen molar-refractivity contribution in [2.45, 2.75) is 124 Å². The van der Waals surface area contributed by atoms with Gasteiger partial charge in [-0.25, -0.2) is 4.79 Å². The van der Waals surface area contributed by atoms with Gasteiger partial charge in [-0.15, -0.1) is 0 Å². The van der Waals surface area contributed by atoms with Gasteiger partial charge in [-0.3, -0.25) is 24.0 Å². The van der Waals surface area contributed by atoms with Crippen LogP contribution in [0.5, 0.6) is 0 Å². The van der Waals surface area contributed by atoms with E-state index in [0.29, 0.717) is 12.8 Å². The maximum absolute atomic E-state index is 14.2. The maximum atomic E-state index is 14.2. The summed E-state index contributed by atoms with van der Waals surface area (Å²) >= 11 is 0. The molecule has 5 amide bonds. The average molecular weight is 758 g/mol.